The number of hydrogen-bond acceptors (Lipinski definition) is 4. The third kappa shape index (κ3) is 6.02. The minimum absolute atomic E-state index is 0.324. The van der Waals surface area contributed by atoms with Crippen LogP contribution in [0.15, 0.2) is 78.9 Å². The Kier molecular flexibility index (Phi) is 7.43. The van der Waals surface area contributed by atoms with Gasteiger partial charge in [0.2, 0.25) is 15.9 Å². The zero-order valence-corrected chi connectivity index (χ0v) is 19.7. The van der Waals surface area contributed by atoms with E-state index in [4.69, 9.17) is 16.3 Å². The molecule has 0 saturated heterocycles. The molecule has 0 saturated carbocycles. The van der Waals surface area contributed by atoms with Gasteiger partial charge in [0.1, 0.15) is 17.5 Å². The van der Waals surface area contributed by atoms with Gasteiger partial charge in [-0.1, -0.05) is 41.9 Å². The molecule has 0 unspecified atom stereocenters. The summed E-state index contributed by atoms with van der Waals surface area (Å²) in [5.41, 5.74) is 1.28. The van der Waals surface area contributed by atoms with Crippen LogP contribution in [-0.2, 0) is 21.4 Å². The van der Waals surface area contributed by atoms with Gasteiger partial charge in [-0.05, 0) is 61.0 Å². The van der Waals surface area contributed by atoms with E-state index in [2.05, 4.69) is 0 Å². The molecule has 0 spiro atoms. The van der Waals surface area contributed by atoms with Gasteiger partial charge in [-0.2, -0.15) is 0 Å². The molecule has 0 aliphatic heterocycles. The van der Waals surface area contributed by atoms with E-state index >= 15 is 0 Å². The van der Waals surface area contributed by atoms with E-state index in [1.54, 1.807) is 50.4 Å². The first-order valence-corrected chi connectivity index (χ1v) is 12.2. The normalized spacial score (nSPS) is 12.1. The summed E-state index contributed by atoms with van der Waals surface area (Å²) >= 11 is 5.91. The molecule has 3 aromatic carbocycles. The lowest BCUT2D eigenvalue weighted by molar-refractivity contribution is -0.131. The van der Waals surface area contributed by atoms with Crippen molar-refractivity contribution >= 4 is 33.2 Å². The van der Waals surface area contributed by atoms with Crippen molar-refractivity contribution in [3.8, 4) is 11.5 Å². The number of halogens is 1. The zero-order valence-electron chi connectivity index (χ0n) is 18.1. The van der Waals surface area contributed by atoms with Gasteiger partial charge in [-0.3, -0.25) is 9.10 Å². The van der Waals surface area contributed by atoms with Gasteiger partial charge >= 0.3 is 0 Å². The molecule has 3 rings (SSSR count). The first kappa shape index (κ1) is 23.6. The third-order valence-corrected chi connectivity index (χ3v) is 6.34. The fourth-order valence-corrected chi connectivity index (χ4v) is 4.64. The molecule has 1 atom stereocenters. The maximum atomic E-state index is 13.1. The highest BCUT2D eigenvalue weighted by Crippen LogP contribution is 2.27. The number of para-hydroxylation sites is 1. The number of hydrogen-bond donors (Lipinski definition) is 0. The van der Waals surface area contributed by atoms with Crippen LogP contribution in [0.2, 0.25) is 5.02 Å². The largest absolute Gasteiger partial charge is 0.457 e. The van der Waals surface area contributed by atoms with Gasteiger partial charge in [0.05, 0.1) is 11.9 Å². The van der Waals surface area contributed by atoms with Crippen LogP contribution in [0.25, 0.3) is 0 Å². The Bertz CT molecular complexity index is 1150. The molecule has 0 aliphatic carbocycles. The van der Waals surface area contributed by atoms with Gasteiger partial charge < -0.3 is 9.64 Å². The van der Waals surface area contributed by atoms with Crippen LogP contribution in [0, 0.1) is 0 Å². The smallest absolute Gasteiger partial charge is 0.246 e. The minimum Gasteiger partial charge on any atom is -0.457 e. The molecule has 3 aromatic rings. The molecular formula is C24H25ClN2O4S. The zero-order chi connectivity index (χ0) is 23.3. The summed E-state index contributed by atoms with van der Waals surface area (Å²) in [6, 6.07) is 22.1. The number of ether oxygens (including phenoxy) is 1. The molecular weight excluding hydrogens is 448 g/mol. The number of rotatable bonds is 8. The average molecular weight is 473 g/mol. The molecule has 0 N–H and O–H groups in total. The lowest BCUT2D eigenvalue weighted by Crippen LogP contribution is -2.48. The predicted molar refractivity (Wildman–Crippen MR) is 128 cm³/mol. The SMILES string of the molecule is C[C@@H](C(=O)N(C)Cc1ccc(Cl)cc1)N(c1ccc(Oc2ccccc2)cc1)S(C)(=O)=O. The lowest BCUT2D eigenvalue weighted by Gasteiger charge is -2.31. The molecule has 0 heterocycles. The van der Waals surface area contributed by atoms with E-state index in [9.17, 15) is 13.2 Å². The van der Waals surface area contributed by atoms with Crippen molar-refractivity contribution in [1.82, 2.24) is 4.90 Å². The summed E-state index contributed by atoms with van der Waals surface area (Å²) in [4.78, 5) is 14.6. The summed E-state index contributed by atoms with van der Waals surface area (Å²) in [7, 11) is -2.07. The van der Waals surface area contributed by atoms with Crippen molar-refractivity contribution in [3.05, 3.63) is 89.4 Å². The van der Waals surface area contributed by atoms with Gasteiger partial charge in [-0.15, -0.1) is 0 Å². The minimum atomic E-state index is -3.72. The van der Waals surface area contributed by atoms with Crippen LogP contribution in [0.4, 0.5) is 5.69 Å². The second-order valence-electron chi connectivity index (χ2n) is 7.46. The van der Waals surface area contributed by atoms with Crippen LogP contribution in [-0.4, -0.2) is 38.6 Å². The number of nitrogens with zero attached hydrogens (tertiary/aromatic N) is 2. The molecule has 0 aliphatic rings. The van der Waals surface area contributed by atoms with Gasteiger partial charge in [0, 0.05) is 18.6 Å². The summed E-state index contributed by atoms with van der Waals surface area (Å²) in [5.74, 6) is 0.912. The van der Waals surface area contributed by atoms with Crippen LogP contribution < -0.4 is 9.04 Å². The highest BCUT2D eigenvalue weighted by atomic mass is 35.5. The summed E-state index contributed by atoms with van der Waals surface area (Å²) in [5, 5.41) is 0.610. The average Bonchev–Trinajstić information content (AvgIpc) is 2.76. The van der Waals surface area contributed by atoms with Crippen LogP contribution in [0.3, 0.4) is 0 Å². The van der Waals surface area contributed by atoms with Crippen molar-refractivity contribution in [2.45, 2.75) is 19.5 Å². The Labute approximate surface area is 194 Å². The number of likely N-dealkylation sites (N-methyl/N-ethyl adjacent to an activating group) is 1. The van der Waals surface area contributed by atoms with Gasteiger partial charge in [0.15, 0.2) is 0 Å². The Hall–Kier alpha value is -3.03. The van der Waals surface area contributed by atoms with E-state index in [0.717, 1.165) is 16.1 Å². The molecule has 8 heteroatoms. The van der Waals surface area contributed by atoms with E-state index in [-0.39, 0.29) is 5.91 Å². The molecule has 6 nitrogen and oxygen atoms in total. The molecule has 168 valence electrons. The number of benzene rings is 3. The summed E-state index contributed by atoms with van der Waals surface area (Å²) in [6.07, 6.45) is 1.09. The van der Waals surface area contributed by atoms with E-state index in [1.165, 1.54) is 4.90 Å². The highest BCUT2D eigenvalue weighted by Gasteiger charge is 2.31. The molecule has 0 bridgehead atoms. The Morgan fingerprint density at radius 3 is 2.06 bits per heavy atom. The standard InChI is InChI=1S/C24H25ClN2O4S/c1-18(24(28)26(2)17-19-9-11-20(25)12-10-19)27(32(3,29)30)21-13-15-23(16-14-21)31-22-7-5-4-6-8-22/h4-16,18H,17H2,1-3H3/t18-/m0/s1. The van der Waals surface area contributed by atoms with Crippen molar-refractivity contribution in [2.75, 3.05) is 17.6 Å². The van der Waals surface area contributed by atoms with Crippen LogP contribution in [0.5, 0.6) is 11.5 Å². The summed E-state index contributed by atoms with van der Waals surface area (Å²) in [6.45, 7) is 1.91. The van der Waals surface area contributed by atoms with Gasteiger partial charge in [-0.25, -0.2) is 8.42 Å². The van der Waals surface area contributed by atoms with Crippen LogP contribution in [0.1, 0.15) is 12.5 Å². The molecule has 0 fully saturated rings. The molecule has 0 radical (unpaired) electrons. The van der Waals surface area contributed by atoms with E-state index < -0.39 is 16.1 Å². The maximum absolute atomic E-state index is 13.1. The van der Waals surface area contributed by atoms with Crippen molar-refractivity contribution in [2.24, 2.45) is 0 Å². The predicted octanol–water partition coefficient (Wildman–Crippen LogP) is 4.95. The monoisotopic (exact) mass is 472 g/mol. The van der Waals surface area contributed by atoms with Crippen LogP contribution >= 0.6 is 11.6 Å². The number of carbonyl (C=O) groups excluding carboxylic acids is 1. The van der Waals surface area contributed by atoms with Crippen molar-refractivity contribution in [3.63, 3.8) is 0 Å². The number of amides is 1. The second kappa shape index (κ2) is 10.1. The third-order valence-electron chi connectivity index (χ3n) is 4.85. The highest BCUT2D eigenvalue weighted by molar-refractivity contribution is 7.92. The number of carbonyl (C=O) groups is 1. The van der Waals surface area contributed by atoms with Gasteiger partial charge in [0.25, 0.3) is 0 Å². The fraction of sp³-hybridized carbons (Fsp3) is 0.208. The van der Waals surface area contributed by atoms with E-state index in [1.807, 2.05) is 42.5 Å². The number of anilines is 1. The quantitative estimate of drug-likeness (QED) is 0.465. The molecule has 0 aromatic heterocycles. The second-order valence-corrected chi connectivity index (χ2v) is 9.76. The number of sulfonamides is 1. The fourth-order valence-electron chi connectivity index (χ4n) is 3.35. The first-order chi connectivity index (χ1) is 15.1. The van der Waals surface area contributed by atoms with E-state index in [0.29, 0.717) is 28.8 Å². The molecule has 1 amide bonds. The topological polar surface area (TPSA) is 66.9 Å². The maximum Gasteiger partial charge on any atom is 0.246 e. The molecule has 32 heavy (non-hydrogen) atoms. The Balaban J connectivity index is 1.78. The summed E-state index contributed by atoms with van der Waals surface area (Å²) < 4.78 is 32.1. The lowest BCUT2D eigenvalue weighted by atomic mass is 10.2. The first-order valence-electron chi connectivity index (χ1n) is 9.97. The van der Waals surface area contributed by atoms with Crippen molar-refractivity contribution < 1.29 is 17.9 Å². The Morgan fingerprint density at radius 1 is 0.938 bits per heavy atom. The Morgan fingerprint density at radius 2 is 1.50 bits per heavy atom. The van der Waals surface area contributed by atoms with Crippen molar-refractivity contribution in [1.29, 1.82) is 0 Å².